The van der Waals surface area contributed by atoms with E-state index >= 15 is 0 Å². The molecule has 30 nitrogen and oxygen atoms in total. The van der Waals surface area contributed by atoms with Gasteiger partial charge in [-0.25, -0.2) is 0 Å². The lowest BCUT2D eigenvalue weighted by Gasteiger charge is -2.35. The number of primary amides is 1. The normalized spacial score (nSPS) is 18.5. The number of hydrogen-bond acceptors (Lipinski definition) is 18. The van der Waals surface area contributed by atoms with Crippen LogP contribution in [0.1, 0.15) is 179 Å². The van der Waals surface area contributed by atoms with Gasteiger partial charge in [0.25, 0.3) is 0 Å². The Morgan fingerprint density at radius 2 is 0.710 bits per heavy atom. The maximum absolute atomic E-state index is 14.7. The summed E-state index contributed by atoms with van der Waals surface area (Å²) in [4.78, 5) is 170. The Balaban J connectivity index is 2.36. The van der Waals surface area contributed by atoms with E-state index in [0.29, 0.717) is 83.8 Å². The topological polar surface area (TPSA) is 496 Å². The number of hydrogen-bond donors (Lipinski definition) is 16. The Hall–Kier alpha value is -6.60. The van der Waals surface area contributed by atoms with Crippen LogP contribution in [0.2, 0.25) is 0 Å². The fraction of sp³-hybridized carbons (Fsp3) is 0.810. The first-order valence-corrected chi connectivity index (χ1v) is 33.7. The number of aliphatic hydroxyl groups is 1. The van der Waals surface area contributed by atoms with Crippen LogP contribution in [0.4, 0.5) is 0 Å². The highest BCUT2D eigenvalue weighted by Crippen LogP contribution is 2.27. The van der Waals surface area contributed by atoms with Crippen molar-refractivity contribution in [3.63, 3.8) is 0 Å². The molecule has 0 unspecified atom stereocenters. The molecular weight excluding hydrogens is 1200 g/mol. The van der Waals surface area contributed by atoms with Gasteiger partial charge in [-0.15, -0.1) is 0 Å². The summed E-state index contributed by atoms with van der Waals surface area (Å²) in [6.07, 6.45) is 3.92. The first-order chi connectivity index (χ1) is 43.8. The van der Waals surface area contributed by atoms with Crippen LogP contribution in [0.5, 0.6) is 0 Å². The monoisotopic (exact) mass is 1320 g/mol. The minimum absolute atomic E-state index is 0.0283. The number of amides is 12. The molecule has 0 aromatic carbocycles. The van der Waals surface area contributed by atoms with E-state index in [-0.39, 0.29) is 70.0 Å². The number of carbonyl (C=O) groups excluding carboxylic acids is 12. The van der Waals surface area contributed by atoms with Crippen LogP contribution >= 0.6 is 0 Å². The fourth-order valence-electron chi connectivity index (χ4n) is 11.2. The quantitative estimate of drug-likeness (QED) is 0.0277. The van der Waals surface area contributed by atoms with E-state index in [9.17, 15) is 62.6 Å². The molecule has 0 saturated carbocycles. The van der Waals surface area contributed by atoms with Gasteiger partial charge >= 0.3 is 0 Å². The Morgan fingerprint density at radius 3 is 1.04 bits per heavy atom. The van der Waals surface area contributed by atoms with E-state index in [1.807, 2.05) is 0 Å². The third-order valence-electron chi connectivity index (χ3n) is 17.1. The Labute approximate surface area is 550 Å². The largest absolute Gasteiger partial charge is 0.391 e. The molecule has 0 aliphatic carbocycles. The number of nitrogens with one attached hydrogen (secondary N) is 9. The van der Waals surface area contributed by atoms with Crippen molar-refractivity contribution in [3.8, 4) is 0 Å². The summed E-state index contributed by atoms with van der Waals surface area (Å²) in [5, 5.41) is 35.4. The summed E-state index contributed by atoms with van der Waals surface area (Å²) >= 11 is 0. The zero-order chi connectivity index (χ0) is 70.4. The first-order valence-electron chi connectivity index (χ1n) is 33.7. The van der Waals surface area contributed by atoms with Crippen molar-refractivity contribution >= 4 is 70.9 Å². The molecular formula is C63H117N17O13. The van der Waals surface area contributed by atoms with E-state index in [1.165, 1.54) is 16.7 Å². The van der Waals surface area contributed by atoms with Crippen molar-refractivity contribution in [2.45, 2.75) is 258 Å². The van der Waals surface area contributed by atoms with Gasteiger partial charge in [0.1, 0.15) is 66.5 Å². The standard InChI is InChI=1S/C63H117N17O13/c1-34(2)46(68)58(88)70-40(22-12-16-28-64)54(84)75-48(36(5)6)60(90)72-43(25-15-19-31-67)56(86)77-50(38(9)10)63(93)80-33-21-27-45(80)62(92)79-32-20-26-44(79)57(87)78-51(39(11)81)61(91)73-42(24-14-18-30-66)55(85)76-49(37(7)8)59(89)71-41(23-13-17-29-65)53(83)74-47(35(3)4)52(69)82/h34-51,81H,12-33,64-68H2,1-11H3,(H2,69,82)(H,70,88)(H,71,89)(H,72,90)(H,73,91)(H,74,83)(H,75,84)(H,76,85)(H,77,86)(H,78,87)/t39-,40+,41+,42+,43+,44+,45+,46+,47+,48+,49+,50-,51+/m1/s1. The molecule has 2 saturated heterocycles. The predicted octanol–water partition coefficient (Wildman–Crippen LogP) is -2.68. The van der Waals surface area contributed by atoms with Crippen molar-refractivity contribution in [1.29, 1.82) is 0 Å². The molecule has 0 spiro atoms. The summed E-state index contributed by atoms with van der Waals surface area (Å²) in [5.74, 6) is -10.4. The second-order valence-corrected chi connectivity index (χ2v) is 26.6. The summed E-state index contributed by atoms with van der Waals surface area (Å²) in [7, 11) is 0. The van der Waals surface area contributed by atoms with Crippen LogP contribution < -0.4 is 82.3 Å². The number of nitrogens with zero attached hydrogens (tertiary/aromatic N) is 2. The van der Waals surface area contributed by atoms with Crippen molar-refractivity contribution in [2.75, 3.05) is 39.3 Å². The van der Waals surface area contributed by atoms with Gasteiger partial charge in [0.15, 0.2) is 0 Å². The molecule has 0 aromatic rings. The summed E-state index contributed by atoms with van der Waals surface area (Å²) < 4.78 is 0. The molecule has 30 heteroatoms. The zero-order valence-corrected chi connectivity index (χ0v) is 57.2. The molecule has 0 aromatic heterocycles. The van der Waals surface area contributed by atoms with Crippen LogP contribution in [0, 0.1) is 29.6 Å². The van der Waals surface area contributed by atoms with Gasteiger partial charge < -0.3 is 97.2 Å². The highest BCUT2D eigenvalue weighted by molar-refractivity contribution is 6.00. The third-order valence-corrected chi connectivity index (χ3v) is 17.1. The highest BCUT2D eigenvalue weighted by Gasteiger charge is 2.46. The van der Waals surface area contributed by atoms with E-state index in [4.69, 9.17) is 34.4 Å². The van der Waals surface area contributed by atoms with E-state index in [2.05, 4.69) is 47.9 Å². The second kappa shape index (κ2) is 42.0. The van der Waals surface area contributed by atoms with E-state index in [0.717, 1.165) is 0 Å². The average molecular weight is 1320 g/mol. The molecule has 12 amide bonds. The number of carbonyl (C=O) groups is 12. The zero-order valence-electron chi connectivity index (χ0n) is 57.2. The minimum Gasteiger partial charge on any atom is -0.391 e. The maximum Gasteiger partial charge on any atom is 0.246 e. The average Bonchev–Trinajstić information content (AvgIpc) is 1.71. The Kier molecular flexibility index (Phi) is 37.2. The molecule has 22 N–H and O–H groups in total. The van der Waals surface area contributed by atoms with Crippen LogP contribution in [0.3, 0.4) is 0 Å². The maximum atomic E-state index is 14.7. The lowest BCUT2D eigenvalue weighted by molar-refractivity contribution is -0.149. The SMILES string of the molecule is CC(C)[C@H](N)C(=O)N[C@@H](CCCCN)C(=O)N[C@H](C(=O)N[C@@H](CCCCN)C(=O)N[C@@H](C(=O)N1CCC[C@H]1C(=O)N1CCC[C@H]1C(=O)N[C@H](C(=O)N[C@@H](CCCCN)C(=O)N[C@H](C(=O)N[C@@H](CCCCN)C(=O)N[C@H](C(N)=O)C(C)C)C(C)C)[C@@H](C)O)C(C)C)C(C)C. The van der Waals surface area contributed by atoms with Crippen LogP contribution in [-0.4, -0.2) is 204 Å². The van der Waals surface area contributed by atoms with Gasteiger partial charge in [0.2, 0.25) is 70.9 Å². The van der Waals surface area contributed by atoms with Crippen LogP contribution in [0.15, 0.2) is 0 Å². The molecule has 2 aliphatic heterocycles. The van der Waals surface area contributed by atoms with Crippen molar-refractivity contribution < 1.29 is 62.6 Å². The molecule has 532 valence electrons. The Bertz CT molecular complexity index is 2450. The van der Waals surface area contributed by atoms with Crippen molar-refractivity contribution in [1.82, 2.24) is 57.7 Å². The molecule has 93 heavy (non-hydrogen) atoms. The summed E-state index contributed by atoms with van der Waals surface area (Å²) in [5.41, 5.74) is 34.7. The molecule has 2 fully saturated rings. The molecule has 2 aliphatic rings. The van der Waals surface area contributed by atoms with Gasteiger partial charge in [0, 0.05) is 13.1 Å². The predicted molar refractivity (Wildman–Crippen MR) is 352 cm³/mol. The van der Waals surface area contributed by atoms with Crippen LogP contribution in [-0.2, 0) is 57.5 Å². The number of likely N-dealkylation sites (tertiary alicyclic amines) is 2. The molecule has 2 heterocycles. The smallest absolute Gasteiger partial charge is 0.246 e. The molecule has 0 radical (unpaired) electrons. The van der Waals surface area contributed by atoms with Crippen molar-refractivity contribution in [3.05, 3.63) is 0 Å². The fourth-order valence-corrected chi connectivity index (χ4v) is 11.2. The lowest BCUT2D eigenvalue weighted by Crippen LogP contribution is -2.62. The second-order valence-electron chi connectivity index (χ2n) is 26.6. The minimum atomic E-state index is -1.65. The lowest BCUT2D eigenvalue weighted by atomic mass is 9.99. The number of aliphatic hydroxyl groups excluding tert-OH is 1. The number of nitrogens with two attached hydrogens (primary N) is 6. The number of rotatable bonds is 43. The van der Waals surface area contributed by atoms with Gasteiger partial charge in [-0.1, -0.05) is 69.2 Å². The van der Waals surface area contributed by atoms with Gasteiger partial charge in [-0.3, -0.25) is 57.5 Å². The van der Waals surface area contributed by atoms with Gasteiger partial charge in [-0.2, -0.15) is 0 Å². The first kappa shape index (κ1) is 82.5. The van der Waals surface area contributed by atoms with Crippen LogP contribution in [0.25, 0.3) is 0 Å². The van der Waals surface area contributed by atoms with Gasteiger partial charge in [0.05, 0.1) is 12.1 Å². The number of unbranched alkanes of at least 4 members (excludes halogenated alkanes) is 4. The summed E-state index contributed by atoms with van der Waals surface area (Å²) in [6.45, 7) is 19.9. The Morgan fingerprint density at radius 1 is 0.387 bits per heavy atom. The highest BCUT2D eigenvalue weighted by atomic mass is 16.3. The molecule has 0 bridgehead atoms. The van der Waals surface area contributed by atoms with E-state index in [1.54, 1.807) is 69.2 Å². The van der Waals surface area contributed by atoms with E-state index < -0.39 is 167 Å². The van der Waals surface area contributed by atoms with Gasteiger partial charge in [-0.05, 0) is 165 Å². The van der Waals surface area contributed by atoms with Crippen molar-refractivity contribution in [2.24, 2.45) is 64.0 Å². The molecule has 13 atom stereocenters. The summed E-state index contributed by atoms with van der Waals surface area (Å²) in [6, 6.07) is -14.0. The third kappa shape index (κ3) is 26.6. The molecule has 2 rings (SSSR count).